The van der Waals surface area contributed by atoms with E-state index in [2.05, 4.69) is 18.8 Å². The summed E-state index contributed by atoms with van der Waals surface area (Å²) in [5.41, 5.74) is 2.35. The molecule has 4 heteroatoms. The topological polar surface area (TPSA) is 60.8 Å². The van der Waals surface area contributed by atoms with E-state index in [1.807, 2.05) is 13.0 Å². The third kappa shape index (κ3) is 3.26. The molecule has 1 fully saturated rings. The predicted octanol–water partition coefficient (Wildman–Crippen LogP) is 1.18. The second-order valence-corrected chi connectivity index (χ2v) is 5.50. The van der Waals surface area contributed by atoms with Gasteiger partial charge in [-0.1, -0.05) is 18.8 Å². The third-order valence-corrected chi connectivity index (χ3v) is 4.11. The molecule has 1 aromatic carbocycles. The van der Waals surface area contributed by atoms with Crippen LogP contribution in [0.4, 0.5) is 0 Å². The van der Waals surface area contributed by atoms with E-state index in [4.69, 9.17) is 5.11 Å². The van der Waals surface area contributed by atoms with Crippen LogP contribution in [-0.4, -0.2) is 46.8 Å². The molecule has 1 heterocycles. The predicted molar refractivity (Wildman–Crippen MR) is 80.8 cm³/mol. The highest BCUT2D eigenvalue weighted by Gasteiger charge is 2.34. The first-order valence-electron chi connectivity index (χ1n) is 7.20. The van der Waals surface area contributed by atoms with Crippen molar-refractivity contribution in [2.24, 2.45) is 5.92 Å². The van der Waals surface area contributed by atoms with Crippen LogP contribution >= 0.6 is 0 Å². The fraction of sp³-hybridized carbons (Fsp3) is 0.471. The molecule has 1 saturated heterocycles. The standard InChI is InChI=1S/C17H21NO3/c1-12-7-8-18(16(12)11-20)17(21)15-6-5-14(4-3-9-19)13(2)10-15/h5-6,10,12,16,19-20H,7-9,11H2,1-2H3. The molecule has 0 saturated carbocycles. The quantitative estimate of drug-likeness (QED) is 0.803. The number of rotatable bonds is 2. The van der Waals surface area contributed by atoms with Crippen LogP contribution in [0, 0.1) is 24.7 Å². The van der Waals surface area contributed by atoms with Gasteiger partial charge in [-0.15, -0.1) is 0 Å². The maximum absolute atomic E-state index is 12.6. The zero-order chi connectivity index (χ0) is 15.4. The largest absolute Gasteiger partial charge is 0.394 e. The number of benzene rings is 1. The van der Waals surface area contributed by atoms with E-state index in [0.717, 1.165) is 17.5 Å². The second-order valence-electron chi connectivity index (χ2n) is 5.50. The number of aryl methyl sites for hydroxylation is 1. The van der Waals surface area contributed by atoms with Crippen LogP contribution in [0.25, 0.3) is 0 Å². The van der Waals surface area contributed by atoms with Crippen LogP contribution in [0.3, 0.4) is 0 Å². The van der Waals surface area contributed by atoms with E-state index < -0.39 is 0 Å². The van der Waals surface area contributed by atoms with Gasteiger partial charge in [0.05, 0.1) is 12.6 Å². The summed E-state index contributed by atoms with van der Waals surface area (Å²) in [6.07, 6.45) is 0.927. The highest BCUT2D eigenvalue weighted by molar-refractivity contribution is 5.95. The lowest BCUT2D eigenvalue weighted by atomic mass is 10.0. The van der Waals surface area contributed by atoms with Crippen LogP contribution in [0.1, 0.15) is 34.8 Å². The normalized spacial score (nSPS) is 21.0. The summed E-state index contributed by atoms with van der Waals surface area (Å²) in [4.78, 5) is 14.3. The summed E-state index contributed by atoms with van der Waals surface area (Å²) >= 11 is 0. The van der Waals surface area contributed by atoms with E-state index >= 15 is 0 Å². The van der Waals surface area contributed by atoms with E-state index in [9.17, 15) is 9.90 Å². The van der Waals surface area contributed by atoms with Gasteiger partial charge in [-0.3, -0.25) is 4.79 Å². The molecule has 4 nitrogen and oxygen atoms in total. The number of nitrogens with zero attached hydrogens (tertiary/aromatic N) is 1. The van der Waals surface area contributed by atoms with E-state index in [-0.39, 0.29) is 25.2 Å². The Hall–Kier alpha value is -1.83. The van der Waals surface area contributed by atoms with Gasteiger partial charge in [0, 0.05) is 17.7 Å². The maximum atomic E-state index is 12.6. The van der Waals surface area contributed by atoms with Crippen molar-refractivity contribution < 1.29 is 15.0 Å². The van der Waals surface area contributed by atoms with Crippen molar-refractivity contribution in [2.75, 3.05) is 19.8 Å². The molecular weight excluding hydrogens is 266 g/mol. The van der Waals surface area contributed by atoms with Gasteiger partial charge in [-0.05, 0) is 43.0 Å². The lowest BCUT2D eigenvalue weighted by molar-refractivity contribution is 0.0648. The summed E-state index contributed by atoms with van der Waals surface area (Å²) < 4.78 is 0. The Morgan fingerprint density at radius 3 is 2.81 bits per heavy atom. The van der Waals surface area contributed by atoms with Crippen molar-refractivity contribution in [3.05, 3.63) is 34.9 Å². The molecular formula is C17H21NO3. The number of amides is 1. The van der Waals surface area contributed by atoms with Crippen LogP contribution < -0.4 is 0 Å². The molecule has 112 valence electrons. The monoisotopic (exact) mass is 287 g/mol. The molecule has 0 spiro atoms. The number of hydrogen-bond acceptors (Lipinski definition) is 3. The second kappa shape index (κ2) is 6.75. The number of carbonyl (C=O) groups is 1. The average molecular weight is 287 g/mol. The van der Waals surface area contributed by atoms with Gasteiger partial charge in [-0.2, -0.15) is 0 Å². The van der Waals surface area contributed by atoms with Crippen LogP contribution in [0.15, 0.2) is 18.2 Å². The number of hydrogen-bond donors (Lipinski definition) is 2. The Kier molecular flexibility index (Phi) is 5.00. The third-order valence-electron chi connectivity index (χ3n) is 4.11. The Morgan fingerprint density at radius 1 is 1.43 bits per heavy atom. The van der Waals surface area contributed by atoms with Crippen molar-refractivity contribution in [3.8, 4) is 11.8 Å². The first kappa shape index (κ1) is 15.6. The minimum absolute atomic E-state index is 0.00590. The van der Waals surface area contributed by atoms with Crippen LogP contribution in [-0.2, 0) is 0 Å². The zero-order valence-electron chi connectivity index (χ0n) is 12.5. The molecule has 21 heavy (non-hydrogen) atoms. The highest BCUT2D eigenvalue weighted by atomic mass is 16.3. The zero-order valence-corrected chi connectivity index (χ0v) is 12.5. The van der Waals surface area contributed by atoms with Gasteiger partial charge >= 0.3 is 0 Å². The Labute approximate surface area is 125 Å². The average Bonchev–Trinajstić information content (AvgIpc) is 2.86. The molecule has 2 N–H and O–H groups in total. The summed E-state index contributed by atoms with van der Waals surface area (Å²) in [6, 6.07) is 5.29. The van der Waals surface area contributed by atoms with Crippen molar-refractivity contribution in [1.29, 1.82) is 0 Å². The minimum atomic E-state index is -0.177. The lowest BCUT2D eigenvalue weighted by Gasteiger charge is -2.25. The Balaban J connectivity index is 2.22. The highest BCUT2D eigenvalue weighted by Crippen LogP contribution is 2.25. The van der Waals surface area contributed by atoms with E-state index in [1.165, 1.54) is 0 Å². The molecule has 0 bridgehead atoms. The smallest absolute Gasteiger partial charge is 0.254 e. The molecule has 0 radical (unpaired) electrons. The molecule has 2 atom stereocenters. The van der Waals surface area contributed by atoms with Gasteiger partial charge in [0.25, 0.3) is 5.91 Å². The van der Waals surface area contributed by atoms with Crippen LogP contribution in [0.2, 0.25) is 0 Å². The molecule has 0 aromatic heterocycles. The Morgan fingerprint density at radius 2 is 2.19 bits per heavy atom. The number of aliphatic hydroxyl groups excluding tert-OH is 2. The van der Waals surface area contributed by atoms with Gasteiger partial charge < -0.3 is 15.1 Å². The van der Waals surface area contributed by atoms with Crippen molar-refractivity contribution in [3.63, 3.8) is 0 Å². The number of likely N-dealkylation sites (tertiary alicyclic amines) is 1. The van der Waals surface area contributed by atoms with Crippen LogP contribution in [0.5, 0.6) is 0 Å². The molecule has 2 rings (SSSR count). The van der Waals surface area contributed by atoms with Gasteiger partial charge in [0.1, 0.15) is 6.61 Å². The summed E-state index contributed by atoms with van der Waals surface area (Å²) in [5.74, 6) is 5.76. The fourth-order valence-corrected chi connectivity index (χ4v) is 2.78. The fourth-order valence-electron chi connectivity index (χ4n) is 2.78. The van der Waals surface area contributed by atoms with E-state index in [0.29, 0.717) is 18.0 Å². The van der Waals surface area contributed by atoms with Gasteiger partial charge in [0.2, 0.25) is 0 Å². The molecule has 2 unspecified atom stereocenters. The lowest BCUT2D eigenvalue weighted by Crippen LogP contribution is -2.39. The molecule has 1 aromatic rings. The van der Waals surface area contributed by atoms with Crippen molar-refractivity contribution in [2.45, 2.75) is 26.3 Å². The molecule has 1 aliphatic heterocycles. The van der Waals surface area contributed by atoms with Crippen molar-refractivity contribution in [1.82, 2.24) is 4.90 Å². The molecule has 0 aliphatic carbocycles. The first-order valence-corrected chi connectivity index (χ1v) is 7.20. The Bertz CT molecular complexity index is 585. The van der Waals surface area contributed by atoms with Gasteiger partial charge in [-0.25, -0.2) is 0 Å². The van der Waals surface area contributed by atoms with Crippen molar-refractivity contribution >= 4 is 5.91 Å². The summed E-state index contributed by atoms with van der Waals surface area (Å²) in [7, 11) is 0. The van der Waals surface area contributed by atoms with E-state index in [1.54, 1.807) is 17.0 Å². The molecule has 1 amide bonds. The first-order chi connectivity index (χ1) is 10.1. The minimum Gasteiger partial charge on any atom is -0.394 e. The SMILES string of the molecule is Cc1cc(C(=O)N2CCC(C)C2CO)ccc1C#CCO. The van der Waals surface area contributed by atoms with Gasteiger partial charge in [0.15, 0.2) is 0 Å². The number of carbonyl (C=O) groups excluding carboxylic acids is 1. The number of aliphatic hydroxyl groups is 2. The summed E-state index contributed by atoms with van der Waals surface area (Å²) in [5, 5.41) is 18.2. The molecule has 1 aliphatic rings. The maximum Gasteiger partial charge on any atom is 0.254 e. The summed E-state index contributed by atoms with van der Waals surface area (Å²) in [6.45, 7) is 4.48.